The molecule has 0 bridgehead atoms. The lowest BCUT2D eigenvalue weighted by molar-refractivity contribution is 0.677. The van der Waals surface area contributed by atoms with E-state index >= 15 is 0 Å². The zero-order valence-electron chi connectivity index (χ0n) is 13.6. The largest absolute Gasteiger partial charge is 0.369 e. The van der Waals surface area contributed by atoms with E-state index in [4.69, 9.17) is 23.1 Å². The molecule has 0 spiro atoms. The molecule has 1 aromatic carbocycles. The highest BCUT2D eigenvalue weighted by atomic mass is 35.5. The van der Waals surface area contributed by atoms with Gasteiger partial charge in [-0.15, -0.1) is 29.9 Å². The van der Waals surface area contributed by atoms with Crippen molar-refractivity contribution in [2.24, 2.45) is 21.7 Å². The summed E-state index contributed by atoms with van der Waals surface area (Å²) in [5.74, 6) is 0.203. The van der Waals surface area contributed by atoms with Gasteiger partial charge in [0.05, 0.1) is 11.4 Å². The topological polar surface area (TPSA) is 89.6 Å². The van der Waals surface area contributed by atoms with Gasteiger partial charge in [0.15, 0.2) is 0 Å². The average Bonchev–Trinajstić information content (AvgIpc) is 2.52. The Balaban J connectivity index is 0.00000156. The van der Waals surface area contributed by atoms with Crippen LogP contribution in [0.4, 0.5) is 0 Å². The van der Waals surface area contributed by atoms with Crippen molar-refractivity contribution in [1.29, 1.82) is 0 Å². The van der Waals surface area contributed by atoms with Crippen LogP contribution < -0.4 is 11.5 Å². The first-order valence-corrected chi connectivity index (χ1v) is 7.78. The van der Waals surface area contributed by atoms with Gasteiger partial charge in [-0.1, -0.05) is 23.7 Å². The molecule has 1 aromatic heterocycles. The second-order valence-corrected chi connectivity index (χ2v) is 6.12. The van der Waals surface area contributed by atoms with Crippen LogP contribution in [0.1, 0.15) is 34.7 Å². The molecule has 0 aliphatic heterocycles. The quantitative estimate of drug-likeness (QED) is 0.458. The summed E-state index contributed by atoms with van der Waals surface area (Å²) in [7, 11) is 0. The Morgan fingerprint density at radius 3 is 2.64 bits per heavy atom. The number of nitrogens with zero attached hydrogens (tertiary/aromatic N) is 3. The van der Waals surface area contributed by atoms with Crippen LogP contribution in [0.3, 0.4) is 0 Å². The number of hydrogen-bond donors (Lipinski definition) is 2. The number of nitrogens with two attached hydrogens (primary N) is 2. The molecule has 0 fully saturated rings. The maximum Gasteiger partial charge on any atom is 0.211 e. The Kier molecular flexibility index (Phi) is 7.67. The number of pyridine rings is 1. The minimum atomic E-state index is -0.0505. The normalized spacial score (nSPS) is 17.0. The zero-order valence-corrected chi connectivity index (χ0v) is 16.0. The molecule has 2 aromatic rings. The molecule has 0 saturated carbocycles. The molecule has 1 aliphatic carbocycles. The SMILES string of the molecule is Cc1ccnc2c1/C(=N/N=C(N)N)CC(c1cccc(Cl)c1)C2.Cl.Cl. The Hall–Kier alpha value is -1.82. The Bertz CT molecular complexity index is 801. The van der Waals surface area contributed by atoms with Crippen molar-refractivity contribution in [3.63, 3.8) is 0 Å². The van der Waals surface area contributed by atoms with Crippen molar-refractivity contribution in [2.45, 2.75) is 25.7 Å². The lowest BCUT2D eigenvalue weighted by Gasteiger charge is -2.26. The zero-order chi connectivity index (χ0) is 16.4. The van der Waals surface area contributed by atoms with E-state index in [1.54, 1.807) is 0 Å². The summed E-state index contributed by atoms with van der Waals surface area (Å²) in [6.45, 7) is 2.05. The van der Waals surface area contributed by atoms with Crippen LogP contribution in [0.5, 0.6) is 0 Å². The summed E-state index contributed by atoms with van der Waals surface area (Å²) >= 11 is 6.13. The monoisotopic (exact) mass is 399 g/mol. The van der Waals surface area contributed by atoms with Crippen LogP contribution in [0.15, 0.2) is 46.7 Å². The highest BCUT2D eigenvalue weighted by Gasteiger charge is 2.27. The summed E-state index contributed by atoms with van der Waals surface area (Å²) in [4.78, 5) is 4.53. The maximum atomic E-state index is 6.13. The molecular formula is C17H20Cl3N5. The first-order valence-electron chi connectivity index (χ1n) is 7.40. The molecule has 1 aliphatic rings. The van der Waals surface area contributed by atoms with Crippen LogP contribution in [0, 0.1) is 6.92 Å². The first kappa shape index (κ1) is 21.2. The lowest BCUT2D eigenvalue weighted by atomic mass is 9.80. The van der Waals surface area contributed by atoms with Gasteiger partial charge in [0, 0.05) is 16.8 Å². The summed E-state index contributed by atoms with van der Waals surface area (Å²) in [6, 6.07) is 9.88. The molecule has 0 saturated heterocycles. The van der Waals surface area contributed by atoms with Crippen molar-refractivity contribution in [3.8, 4) is 0 Å². The number of hydrogen-bond acceptors (Lipinski definition) is 3. The van der Waals surface area contributed by atoms with E-state index in [1.807, 2.05) is 37.4 Å². The summed E-state index contributed by atoms with van der Waals surface area (Å²) in [6.07, 6.45) is 3.42. The van der Waals surface area contributed by atoms with Gasteiger partial charge in [0.1, 0.15) is 0 Å². The van der Waals surface area contributed by atoms with Crippen molar-refractivity contribution in [3.05, 3.63) is 63.9 Å². The van der Waals surface area contributed by atoms with Gasteiger partial charge in [-0.05, 0) is 55.0 Å². The van der Waals surface area contributed by atoms with Crippen molar-refractivity contribution < 1.29 is 0 Å². The van der Waals surface area contributed by atoms with Crippen LogP contribution in [0.25, 0.3) is 0 Å². The van der Waals surface area contributed by atoms with Crippen molar-refractivity contribution in [2.75, 3.05) is 0 Å². The van der Waals surface area contributed by atoms with Crippen molar-refractivity contribution >= 4 is 48.1 Å². The van der Waals surface area contributed by atoms with Gasteiger partial charge in [-0.25, -0.2) is 0 Å². The smallest absolute Gasteiger partial charge is 0.211 e. The lowest BCUT2D eigenvalue weighted by Crippen LogP contribution is -2.24. The molecule has 0 radical (unpaired) electrons. The van der Waals surface area contributed by atoms with Crippen LogP contribution >= 0.6 is 36.4 Å². The van der Waals surface area contributed by atoms with Gasteiger partial charge in [-0.2, -0.15) is 5.10 Å². The third-order valence-corrected chi connectivity index (χ3v) is 4.25. The van der Waals surface area contributed by atoms with Gasteiger partial charge in [0.2, 0.25) is 5.96 Å². The standard InChI is InChI=1S/C17H18ClN5.2ClH/c1-10-5-6-21-14-8-12(11-3-2-4-13(18)7-11)9-15(16(10)14)22-23-17(19)20;;/h2-7,12H,8-9H2,1H3,(H4,19,20,23);2*1H/b22-15+;;. The predicted molar refractivity (Wildman–Crippen MR) is 108 cm³/mol. The first-order chi connectivity index (χ1) is 11.0. The molecule has 4 N–H and O–H groups in total. The van der Waals surface area contributed by atoms with E-state index < -0.39 is 0 Å². The van der Waals surface area contributed by atoms with E-state index in [-0.39, 0.29) is 36.7 Å². The molecule has 3 rings (SSSR count). The Morgan fingerprint density at radius 1 is 1.20 bits per heavy atom. The highest BCUT2D eigenvalue weighted by molar-refractivity contribution is 6.30. The minimum Gasteiger partial charge on any atom is -0.369 e. The fourth-order valence-electron chi connectivity index (χ4n) is 3.01. The van der Waals surface area contributed by atoms with Crippen LogP contribution in [0.2, 0.25) is 5.02 Å². The van der Waals surface area contributed by atoms with E-state index in [2.05, 4.69) is 21.3 Å². The van der Waals surface area contributed by atoms with E-state index in [9.17, 15) is 0 Å². The molecule has 25 heavy (non-hydrogen) atoms. The Morgan fingerprint density at radius 2 is 1.96 bits per heavy atom. The summed E-state index contributed by atoms with van der Waals surface area (Å²) in [5, 5.41) is 8.83. The molecule has 1 atom stereocenters. The second kappa shape index (κ2) is 9.04. The predicted octanol–water partition coefficient (Wildman–Crippen LogP) is 3.59. The van der Waals surface area contributed by atoms with Gasteiger partial charge in [0.25, 0.3) is 0 Å². The molecule has 5 nitrogen and oxygen atoms in total. The number of fused-ring (bicyclic) bond motifs is 1. The minimum absolute atomic E-state index is 0. The third kappa shape index (κ3) is 4.84. The maximum absolute atomic E-state index is 6.13. The molecule has 1 unspecified atom stereocenters. The summed E-state index contributed by atoms with van der Waals surface area (Å²) < 4.78 is 0. The van der Waals surface area contributed by atoms with Gasteiger partial charge in [-0.3, -0.25) is 4.98 Å². The number of halogens is 3. The fourth-order valence-corrected chi connectivity index (χ4v) is 3.21. The summed E-state index contributed by atoms with van der Waals surface area (Å²) in [5.41, 5.74) is 16.1. The van der Waals surface area contributed by atoms with Crippen molar-refractivity contribution in [1.82, 2.24) is 4.98 Å². The highest BCUT2D eigenvalue weighted by Crippen LogP contribution is 2.34. The average molecular weight is 401 g/mol. The molecule has 8 heteroatoms. The van der Waals surface area contributed by atoms with Gasteiger partial charge < -0.3 is 11.5 Å². The van der Waals surface area contributed by atoms with E-state index in [0.717, 1.165) is 40.4 Å². The molecule has 1 heterocycles. The number of guanidine groups is 1. The van der Waals surface area contributed by atoms with E-state index in [1.165, 1.54) is 5.56 Å². The number of rotatable bonds is 2. The molecular weight excluding hydrogens is 381 g/mol. The molecule has 0 amide bonds. The number of aromatic nitrogens is 1. The van der Waals surface area contributed by atoms with Crippen LogP contribution in [-0.2, 0) is 6.42 Å². The molecule has 134 valence electrons. The van der Waals surface area contributed by atoms with Gasteiger partial charge >= 0.3 is 0 Å². The number of aryl methyl sites for hydroxylation is 1. The third-order valence-electron chi connectivity index (χ3n) is 4.01. The Labute approximate surface area is 164 Å². The van der Waals surface area contributed by atoms with Crippen LogP contribution in [-0.4, -0.2) is 16.7 Å². The van der Waals surface area contributed by atoms with E-state index in [0.29, 0.717) is 0 Å². The second-order valence-electron chi connectivity index (χ2n) is 5.68. The fraction of sp³-hybridized carbons (Fsp3) is 0.235. The number of benzene rings is 1.